The second-order valence-electron chi connectivity index (χ2n) is 3.76. The molecule has 2 rings (SSSR count). The van der Waals surface area contributed by atoms with E-state index >= 15 is 0 Å². The molecule has 0 aliphatic rings. The Bertz CT molecular complexity index is 605. The van der Waals surface area contributed by atoms with Crippen LogP contribution in [0, 0.1) is 0 Å². The largest absolute Gasteiger partial charge is 0.497 e. The van der Waals surface area contributed by atoms with Gasteiger partial charge in [0.25, 0.3) is 6.43 Å². The zero-order valence-corrected chi connectivity index (χ0v) is 10.4. The fraction of sp³-hybridized carbons (Fsp3) is 0.250. The average molecular weight is 269 g/mol. The summed E-state index contributed by atoms with van der Waals surface area (Å²) in [6.07, 6.45) is -2.69. The van der Waals surface area contributed by atoms with E-state index < -0.39 is 6.43 Å². The Morgan fingerprint density at radius 3 is 2.47 bits per heavy atom. The van der Waals surface area contributed by atoms with Crippen LogP contribution in [0.15, 0.2) is 18.2 Å². The summed E-state index contributed by atoms with van der Waals surface area (Å²) >= 11 is 0. The molecule has 19 heavy (non-hydrogen) atoms. The summed E-state index contributed by atoms with van der Waals surface area (Å²) in [5, 5.41) is 0.523. The van der Waals surface area contributed by atoms with Crippen LogP contribution in [0.4, 0.5) is 14.5 Å². The van der Waals surface area contributed by atoms with E-state index in [1.165, 1.54) is 20.3 Å². The fourth-order valence-electron chi connectivity index (χ4n) is 1.83. The number of fused-ring (bicyclic) bond motifs is 1. The molecule has 0 fully saturated rings. The van der Waals surface area contributed by atoms with Crippen LogP contribution in [-0.4, -0.2) is 19.2 Å². The normalized spacial score (nSPS) is 10.8. The molecule has 1 aromatic carbocycles. The molecular formula is C12H13F2N3O2. The smallest absolute Gasteiger partial charge is 0.280 e. The molecule has 0 unspecified atom stereocenters. The van der Waals surface area contributed by atoms with Crippen molar-refractivity contribution >= 4 is 16.6 Å². The lowest BCUT2D eigenvalue weighted by Gasteiger charge is -2.13. The molecule has 0 saturated heterocycles. The summed E-state index contributed by atoms with van der Waals surface area (Å²) in [7, 11) is 2.94. The van der Waals surface area contributed by atoms with Crippen molar-refractivity contribution in [1.82, 2.24) is 4.98 Å². The van der Waals surface area contributed by atoms with E-state index in [4.69, 9.17) is 15.3 Å². The lowest BCUT2D eigenvalue weighted by Crippen LogP contribution is -2.09. The number of nitrogens with one attached hydrogen (secondary N) is 1. The monoisotopic (exact) mass is 269 g/mol. The Morgan fingerprint density at radius 1 is 1.21 bits per heavy atom. The number of nitrogen functional groups attached to an aromatic ring is 1. The highest BCUT2D eigenvalue weighted by atomic mass is 19.3. The molecule has 0 radical (unpaired) electrons. The van der Waals surface area contributed by atoms with Crippen molar-refractivity contribution in [3.63, 3.8) is 0 Å². The van der Waals surface area contributed by atoms with Crippen LogP contribution in [0.5, 0.6) is 11.5 Å². The molecule has 2 aromatic rings. The van der Waals surface area contributed by atoms with Crippen molar-refractivity contribution in [2.45, 2.75) is 6.43 Å². The van der Waals surface area contributed by atoms with Gasteiger partial charge < -0.3 is 14.9 Å². The number of anilines is 1. The van der Waals surface area contributed by atoms with Gasteiger partial charge in [0.15, 0.2) is 0 Å². The van der Waals surface area contributed by atoms with Crippen LogP contribution in [0.1, 0.15) is 12.1 Å². The highest BCUT2D eigenvalue weighted by molar-refractivity contribution is 5.97. The maximum absolute atomic E-state index is 12.8. The summed E-state index contributed by atoms with van der Waals surface area (Å²) in [5.41, 5.74) is 2.66. The second-order valence-corrected chi connectivity index (χ2v) is 3.76. The summed E-state index contributed by atoms with van der Waals surface area (Å²) in [6, 6.07) is 4.37. The molecule has 0 aliphatic heterocycles. The number of nitrogens with zero attached hydrogens (tertiary/aromatic N) is 1. The van der Waals surface area contributed by atoms with Crippen molar-refractivity contribution in [3.05, 3.63) is 23.9 Å². The summed E-state index contributed by atoms with van der Waals surface area (Å²) < 4.78 is 35.9. The minimum atomic E-state index is -2.69. The minimum absolute atomic E-state index is 0.319. The molecule has 0 aliphatic carbocycles. The van der Waals surface area contributed by atoms with Crippen LogP contribution in [0.25, 0.3) is 10.9 Å². The molecule has 0 amide bonds. The third-order valence-corrected chi connectivity index (χ3v) is 2.70. The van der Waals surface area contributed by atoms with Crippen molar-refractivity contribution < 1.29 is 18.3 Å². The van der Waals surface area contributed by atoms with Gasteiger partial charge >= 0.3 is 0 Å². The van der Waals surface area contributed by atoms with Gasteiger partial charge in [-0.15, -0.1) is 0 Å². The predicted octanol–water partition coefficient (Wildman–Crippen LogP) is 2.48. The average Bonchev–Trinajstić information content (AvgIpc) is 2.44. The lowest BCUT2D eigenvalue weighted by atomic mass is 10.1. The zero-order chi connectivity index (χ0) is 14.0. The molecule has 3 N–H and O–H groups in total. The summed E-state index contributed by atoms with van der Waals surface area (Å²) in [5.74, 6) is 6.27. The number of hydrogen-bond donors (Lipinski definition) is 2. The number of hydrogen-bond acceptors (Lipinski definition) is 5. The first-order valence-electron chi connectivity index (χ1n) is 5.42. The van der Waals surface area contributed by atoms with Gasteiger partial charge in [-0.1, -0.05) is 0 Å². The number of rotatable bonds is 4. The number of aromatic nitrogens is 1. The third kappa shape index (κ3) is 2.37. The van der Waals surface area contributed by atoms with Gasteiger partial charge in [-0.05, 0) is 6.07 Å². The summed E-state index contributed by atoms with van der Waals surface area (Å²) in [6.45, 7) is 0. The molecule has 0 bridgehead atoms. The van der Waals surface area contributed by atoms with Crippen LogP contribution >= 0.6 is 0 Å². The molecule has 1 heterocycles. The minimum Gasteiger partial charge on any atom is -0.497 e. The lowest BCUT2D eigenvalue weighted by molar-refractivity contribution is 0.146. The van der Waals surface area contributed by atoms with Crippen LogP contribution in [0.3, 0.4) is 0 Å². The number of benzene rings is 1. The number of ether oxygens (including phenoxy) is 2. The van der Waals surface area contributed by atoms with Crippen molar-refractivity contribution in [2.24, 2.45) is 5.84 Å². The SMILES string of the molecule is COc1cc(OC)c2c(NN)cc(C(F)F)nc2c1. The molecule has 0 saturated carbocycles. The standard InChI is InChI=1S/C12H13F2N3O2/c1-18-6-3-7-11(10(4-6)19-2)8(17-15)5-9(16-7)12(13)14/h3-5,12H,15H2,1-2H3,(H,16,17). The topological polar surface area (TPSA) is 69.4 Å². The highest BCUT2D eigenvalue weighted by Crippen LogP contribution is 2.36. The van der Waals surface area contributed by atoms with Gasteiger partial charge in [0, 0.05) is 12.1 Å². The number of halogens is 2. The third-order valence-electron chi connectivity index (χ3n) is 2.70. The van der Waals surface area contributed by atoms with Crippen LogP contribution in [-0.2, 0) is 0 Å². The van der Waals surface area contributed by atoms with Gasteiger partial charge in [0.2, 0.25) is 0 Å². The van der Waals surface area contributed by atoms with Crippen molar-refractivity contribution in [2.75, 3.05) is 19.6 Å². The van der Waals surface area contributed by atoms with Crippen molar-refractivity contribution in [3.8, 4) is 11.5 Å². The first kappa shape index (κ1) is 13.3. The molecule has 1 aromatic heterocycles. The first-order valence-corrected chi connectivity index (χ1v) is 5.42. The number of hydrazine groups is 1. The van der Waals surface area contributed by atoms with E-state index in [1.807, 2.05) is 0 Å². The van der Waals surface area contributed by atoms with E-state index in [0.29, 0.717) is 28.1 Å². The number of alkyl halides is 2. The van der Waals surface area contributed by atoms with Gasteiger partial charge in [-0.3, -0.25) is 5.84 Å². The van der Waals surface area contributed by atoms with Gasteiger partial charge in [0.05, 0.1) is 30.8 Å². The van der Waals surface area contributed by atoms with E-state index in [2.05, 4.69) is 10.4 Å². The Balaban J connectivity index is 2.80. The molecule has 0 atom stereocenters. The maximum atomic E-state index is 12.8. The maximum Gasteiger partial charge on any atom is 0.280 e. The van der Waals surface area contributed by atoms with Crippen molar-refractivity contribution in [1.29, 1.82) is 0 Å². The van der Waals surface area contributed by atoms with Crippen LogP contribution in [0.2, 0.25) is 0 Å². The van der Waals surface area contributed by atoms with E-state index in [9.17, 15) is 8.78 Å². The Hall–Kier alpha value is -2.15. The Labute approximate surface area is 108 Å². The molecule has 0 spiro atoms. The molecule has 7 heteroatoms. The molecular weight excluding hydrogens is 256 g/mol. The van der Waals surface area contributed by atoms with E-state index in [0.717, 1.165) is 0 Å². The van der Waals surface area contributed by atoms with E-state index in [1.54, 1.807) is 12.1 Å². The molecule has 5 nitrogen and oxygen atoms in total. The van der Waals surface area contributed by atoms with Gasteiger partial charge in [-0.2, -0.15) is 0 Å². The second kappa shape index (κ2) is 5.23. The first-order chi connectivity index (χ1) is 9.10. The van der Waals surface area contributed by atoms with Gasteiger partial charge in [-0.25, -0.2) is 13.8 Å². The zero-order valence-electron chi connectivity index (χ0n) is 10.4. The van der Waals surface area contributed by atoms with E-state index in [-0.39, 0.29) is 5.69 Å². The highest BCUT2D eigenvalue weighted by Gasteiger charge is 2.16. The number of methoxy groups -OCH3 is 2. The fourth-order valence-corrected chi connectivity index (χ4v) is 1.83. The number of nitrogens with two attached hydrogens (primary N) is 1. The van der Waals surface area contributed by atoms with Gasteiger partial charge in [0.1, 0.15) is 17.2 Å². The molecule has 102 valence electrons. The van der Waals surface area contributed by atoms with Crippen LogP contribution < -0.4 is 20.7 Å². The Morgan fingerprint density at radius 2 is 1.95 bits per heavy atom. The predicted molar refractivity (Wildman–Crippen MR) is 67.6 cm³/mol. The quantitative estimate of drug-likeness (QED) is 0.659. The summed E-state index contributed by atoms with van der Waals surface area (Å²) in [4.78, 5) is 3.89. The number of pyridine rings is 1. The Kier molecular flexibility index (Phi) is 3.66.